The highest BCUT2D eigenvalue weighted by molar-refractivity contribution is 6.29. The lowest BCUT2D eigenvalue weighted by Crippen LogP contribution is -2.45. The summed E-state index contributed by atoms with van der Waals surface area (Å²) in [6.07, 6.45) is 1.82. The SMILES string of the molecule is CCc1cc(C(=O)N2CCOC(CC)C2)cc(Cl)n1. The van der Waals surface area contributed by atoms with Crippen LogP contribution in [0.5, 0.6) is 0 Å². The Kier molecular flexibility index (Phi) is 4.77. The van der Waals surface area contributed by atoms with E-state index >= 15 is 0 Å². The number of ether oxygens (including phenoxy) is 1. The molecule has 1 aromatic rings. The number of nitrogens with zero attached hydrogens (tertiary/aromatic N) is 2. The van der Waals surface area contributed by atoms with E-state index in [-0.39, 0.29) is 12.0 Å². The number of halogens is 1. The first-order chi connectivity index (χ1) is 9.13. The van der Waals surface area contributed by atoms with Crippen LogP contribution in [0.15, 0.2) is 12.1 Å². The average Bonchev–Trinajstić information content (AvgIpc) is 2.45. The summed E-state index contributed by atoms with van der Waals surface area (Å²) in [6.45, 7) is 5.95. The van der Waals surface area contributed by atoms with Crippen molar-refractivity contribution in [1.29, 1.82) is 0 Å². The van der Waals surface area contributed by atoms with Crippen molar-refractivity contribution < 1.29 is 9.53 Å². The van der Waals surface area contributed by atoms with Crippen LogP contribution in [-0.2, 0) is 11.2 Å². The fraction of sp³-hybridized carbons (Fsp3) is 0.571. The van der Waals surface area contributed by atoms with Gasteiger partial charge in [0.15, 0.2) is 0 Å². The van der Waals surface area contributed by atoms with E-state index in [4.69, 9.17) is 16.3 Å². The van der Waals surface area contributed by atoms with Crippen molar-refractivity contribution >= 4 is 17.5 Å². The molecule has 1 aliphatic heterocycles. The summed E-state index contributed by atoms with van der Waals surface area (Å²) in [5, 5.41) is 0.378. The maximum absolute atomic E-state index is 12.5. The standard InChI is InChI=1S/C14H19ClN2O2/c1-3-11-7-10(8-13(15)16-11)14(18)17-5-6-19-12(4-2)9-17/h7-8,12H,3-6,9H2,1-2H3. The molecular weight excluding hydrogens is 264 g/mol. The van der Waals surface area contributed by atoms with Crippen LogP contribution in [0.2, 0.25) is 5.15 Å². The third-order valence-electron chi connectivity index (χ3n) is 3.34. The second-order valence-corrected chi connectivity index (χ2v) is 5.06. The van der Waals surface area contributed by atoms with Crippen molar-refractivity contribution in [3.63, 3.8) is 0 Å². The Bertz CT molecular complexity index is 465. The number of pyridine rings is 1. The molecule has 2 heterocycles. The first-order valence-electron chi connectivity index (χ1n) is 6.71. The van der Waals surface area contributed by atoms with E-state index in [2.05, 4.69) is 11.9 Å². The Hall–Kier alpha value is -1.13. The van der Waals surface area contributed by atoms with Gasteiger partial charge < -0.3 is 9.64 Å². The molecule has 19 heavy (non-hydrogen) atoms. The van der Waals surface area contributed by atoms with E-state index in [0.717, 1.165) is 18.5 Å². The summed E-state index contributed by atoms with van der Waals surface area (Å²) < 4.78 is 5.58. The summed E-state index contributed by atoms with van der Waals surface area (Å²) in [7, 11) is 0. The smallest absolute Gasteiger partial charge is 0.254 e. The van der Waals surface area contributed by atoms with Gasteiger partial charge in [-0.15, -0.1) is 0 Å². The largest absolute Gasteiger partial charge is 0.375 e. The Labute approximate surface area is 118 Å². The molecule has 0 aromatic carbocycles. The van der Waals surface area contributed by atoms with Gasteiger partial charge in [-0.25, -0.2) is 4.98 Å². The van der Waals surface area contributed by atoms with Crippen LogP contribution in [-0.4, -0.2) is 41.6 Å². The zero-order chi connectivity index (χ0) is 13.8. The first kappa shape index (κ1) is 14.3. The number of hydrogen-bond donors (Lipinski definition) is 0. The molecule has 1 amide bonds. The summed E-state index contributed by atoms with van der Waals surface area (Å²) in [6, 6.07) is 3.46. The molecule has 0 aliphatic carbocycles. The maximum atomic E-state index is 12.5. The van der Waals surface area contributed by atoms with Crippen LogP contribution in [0.1, 0.15) is 36.3 Å². The van der Waals surface area contributed by atoms with Gasteiger partial charge >= 0.3 is 0 Å². The molecule has 4 nitrogen and oxygen atoms in total. The minimum atomic E-state index is 0.0146. The maximum Gasteiger partial charge on any atom is 0.254 e. The molecule has 0 N–H and O–H groups in total. The molecule has 1 unspecified atom stereocenters. The Morgan fingerprint density at radius 3 is 3.00 bits per heavy atom. The van der Waals surface area contributed by atoms with Crippen molar-refractivity contribution in [3.05, 3.63) is 28.5 Å². The molecule has 104 valence electrons. The van der Waals surface area contributed by atoms with Gasteiger partial charge in [-0.05, 0) is 25.0 Å². The zero-order valence-electron chi connectivity index (χ0n) is 11.4. The number of aromatic nitrogens is 1. The third-order valence-corrected chi connectivity index (χ3v) is 3.53. The van der Waals surface area contributed by atoms with E-state index in [1.54, 1.807) is 6.07 Å². The van der Waals surface area contributed by atoms with Gasteiger partial charge in [0.05, 0.1) is 12.7 Å². The van der Waals surface area contributed by atoms with Crippen molar-refractivity contribution in [2.24, 2.45) is 0 Å². The zero-order valence-corrected chi connectivity index (χ0v) is 12.1. The van der Waals surface area contributed by atoms with Crippen LogP contribution < -0.4 is 0 Å². The van der Waals surface area contributed by atoms with Crippen molar-refractivity contribution in [1.82, 2.24) is 9.88 Å². The minimum absolute atomic E-state index is 0.0146. The molecule has 0 spiro atoms. The Balaban J connectivity index is 2.16. The van der Waals surface area contributed by atoms with Crippen LogP contribution in [0.3, 0.4) is 0 Å². The van der Waals surface area contributed by atoms with E-state index in [0.29, 0.717) is 30.4 Å². The highest BCUT2D eigenvalue weighted by Gasteiger charge is 2.24. The van der Waals surface area contributed by atoms with Gasteiger partial charge in [-0.2, -0.15) is 0 Å². The van der Waals surface area contributed by atoms with Gasteiger partial charge in [0.25, 0.3) is 5.91 Å². The second kappa shape index (κ2) is 6.35. The van der Waals surface area contributed by atoms with Gasteiger partial charge in [-0.1, -0.05) is 25.4 Å². The molecule has 1 aliphatic rings. The Morgan fingerprint density at radius 2 is 2.32 bits per heavy atom. The summed E-state index contributed by atoms with van der Waals surface area (Å²) in [5.74, 6) is 0.0146. The van der Waals surface area contributed by atoms with Crippen molar-refractivity contribution in [3.8, 4) is 0 Å². The molecule has 0 saturated carbocycles. The molecule has 1 atom stereocenters. The van der Waals surface area contributed by atoms with Gasteiger partial charge in [0.2, 0.25) is 0 Å². The molecule has 1 aromatic heterocycles. The van der Waals surface area contributed by atoms with Crippen LogP contribution in [0.4, 0.5) is 0 Å². The highest BCUT2D eigenvalue weighted by atomic mass is 35.5. The number of amides is 1. The fourth-order valence-corrected chi connectivity index (χ4v) is 2.42. The second-order valence-electron chi connectivity index (χ2n) is 4.68. The van der Waals surface area contributed by atoms with Crippen molar-refractivity contribution in [2.75, 3.05) is 19.7 Å². The summed E-state index contributed by atoms with van der Waals surface area (Å²) >= 11 is 5.96. The van der Waals surface area contributed by atoms with Crippen molar-refractivity contribution in [2.45, 2.75) is 32.8 Å². The topological polar surface area (TPSA) is 42.4 Å². The Morgan fingerprint density at radius 1 is 1.53 bits per heavy atom. The molecule has 2 rings (SSSR count). The molecule has 0 bridgehead atoms. The molecular formula is C14H19ClN2O2. The van der Waals surface area contributed by atoms with E-state index in [1.165, 1.54) is 0 Å². The number of hydrogen-bond acceptors (Lipinski definition) is 3. The summed E-state index contributed by atoms with van der Waals surface area (Å²) in [5.41, 5.74) is 1.46. The minimum Gasteiger partial charge on any atom is -0.375 e. The van der Waals surface area contributed by atoms with E-state index in [9.17, 15) is 4.79 Å². The van der Waals surface area contributed by atoms with Gasteiger partial charge in [0.1, 0.15) is 5.15 Å². The monoisotopic (exact) mass is 282 g/mol. The molecule has 1 saturated heterocycles. The lowest BCUT2D eigenvalue weighted by Gasteiger charge is -2.32. The molecule has 5 heteroatoms. The normalized spacial score (nSPS) is 19.5. The predicted molar refractivity (Wildman–Crippen MR) is 74.6 cm³/mol. The lowest BCUT2D eigenvalue weighted by molar-refractivity contribution is -0.0226. The van der Waals surface area contributed by atoms with E-state index in [1.807, 2.05) is 17.9 Å². The first-order valence-corrected chi connectivity index (χ1v) is 7.09. The average molecular weight is 283 g/mol. The number of morpholine rings is 1. The predicted octanol–water partition coefficient (Wildman–Crippen LogP) is 2.55. The highest BCUT2D eigenvalue weighted by Crippen LogP contribution is 2.16. The van der Waals surface area contributed by atoms with E-state index < -0.39 is 0 Å². The van der Waals surface area contributed by atoms with Crippen LogP contribution in [0, 0.1) is 0 Å². The van der Waals surface area contributed by atoms with Gasteiger partial charge in [0, 0.05) is 24.3 Å². The fourth-order valence-electron chi connectivity index (χ4n) is 2.19. The summed E-state index contributed by atoms with van der Waals surface area (Å²) in [4.78, 5) is 18.5. The van der Waals surface area contributed by atoms with Crippen LogP contribution >= 0.6 is 11.6 Å². The lowest BCUT2D eigenvalue weighted by atomic mass is 10.1. The quantitative estimate of drug-likeness (QED) is 0.800. The number of rotatable bonds is 3. The molecule has 0 radical (unpaired) electrons. The number of aryl methyl sites for hydroxylation is 1. The number of carbonyl (C=O) groups excluding carboxylic acids is 1. The third kappa shape index (κ3) is 3.45. The van der Waals surface area contributed by atoms with Gasteiger partial charge in [-0.3, -0.25) is 4.79 Å². The molecule has 1 fully saturated rings. The van der Waals surface area contributed by atoms with Crippen LogP contribution in [0.25, 0.3) is 0 Å². The number of carbonyl (C=O) groups is 1.